The van der Waals surface area contributed by atoms with Gasteiger partial charge in [0.15, 0.2) is 0 Å². The maximum Gasteiger partial charge on any atom is 0.274 e. The van der Waals surface area contributed by atoms with Crippen LogP contribution in [0.15, 0.2) is 24.3 Å². The van der Waals surface area contributed by atoms with E-state index in [0.717, 1.165) is 10.2 Å². The van der Waals surface area contributed by atoms with Gasteiger partial charge in [0.1, 0.15) is 0 Å². The van der Waals surface area contributed by atoms with Gasteiger partial charge in [0.2, 0.25) is 0 Å². The van der Waals surface area contributed by atoms with Crippen LogP contribution >= 0.6 is 11.3 Å². The number of fused-ring (bicyclic) bond motifs is 1. The molecule has 0 saturated heterocycles. The maximum atomic E-state index is 8.59. The van der Waals surface area contributed by atoms with Crippen molar-refractivity contribution in [1.82, 2.24) is 4.98 Å². The lowest BCUT2D eigenvalue weighted by atomic mass is 10.3. The highest BCUT2D eigenvalue weighted by Gasteiger charge is 2.02. The van der Waals surface area contributed by atoms with Crippen molar-refractivity contribution < 1.29 is 9.84 Å². The monoisotopic (exact) mass is 209 g/mol. The SMILES string of the molecule is OCCCOc1nc2ccccc2s1. The van der Waals surface area contributed by atoms with Crippen molar-refractivity contribution in [2.24, 2.45) is 0 Å². The number of para-hydroxylation sites is 1. The number of aromatic nitrogens is 1. The zero-order valence-corrected chi connectivity index (χ0v) is 8.46. The molecular formula is C10H11NO2S. The van der Waals surface area contributed by atoms with Gasteiger partial charge in [-0.05, 0) is 12.1 Å². The first-order chi connectivity index (χ1) is 6.90. The Kier molecular flexibility index (Phi) is 2.96. The normalized spacial score (nSPS) is 10.6. The molecule has 3 nitrogen and oxygen atoms in total. The third kappa shape index (κ3) is 2.02. The van der Waals surface area contributed by atoms with Gasteiger partial charge >= 0.3 is 0 Å². The van der Waals surface area contributed by atoms with Gasteiger partial charge in [-0.1, -0.05) is 23.5 Å². The first kappa shape index (κ1) is 9.43. The van der Waals surface area contributed by atoms with E-state index in [4.69, 9.17) is 9.84 Å². The minimum Gasteiger partial charge on any atom is -0.470 e. The molecule has 0 fully saturated rings. The van der Waals surface area contributed by atoms with Crippen molar-refractivity contribution in [3.05, 3.63) is 24.3 Å². The highest BCUT2D eigenvalue weighted by Crippen LogP contribution is 2.27. The summed E-state index contributed by atoms with van der Waals surface area (Å²) in [6, 6.07) is 7.92. The Morgan fingerprint density at radius 1 is 1.36 bits per heavy atom. The summed E-state index contributed by atoms with van der Waals surface area (Å²) >= 11 is 1.53. The summed E-state index contributed by atoms with van der Waals surface area (Å²) in [5.74, 6) is 0. The fourth-order valence-corrected chi connectivity index (χ4v) is 1.98. The largest absolute Gasteiger partial charge is 0.470 e. The van der Waals surface area contributed by atoms with Crippen molar-refractivity contribution in [2.75, 3.05) is 13.2 Å². The molecule has 1 heterocycles. The molecule has 0 amide bonds. The lowest BCUT2D eigenvalue weighted by molar-refractivity contribution is 0.233. The fraction of sp³-hybridized carbons (Fsp3) is 0.300. The predicted octanol–water partition coefficient (Wildman–Crippen LogP) is 2.06. The molecule has 0 atom stereocenters. The van der Waals surface area contributed by atoms with Crippen molar-refractivity contribution in [3.63, 3.8) is 0 Å². The number of aliphatic hydroxyl groups excluding tert-OH is 1. The van der Waals surface area contributed by atoms with Crippen molar-refractivity contribution >= 4 is 21.6 Å². The summed E-state index contributed by atoms with van der Waals surface area (Å²) in [5, 5.41) is 9.27. The number of ether oxygens (including phenoxy) is 1. The third-order valence-electron chi connectivity index (χ3n) is 1.80. The standard InChI is InChI=1S/C10H11NO2S/c12-6-3-7-13-10-11-8-4-1-2-5-9(8)14-10/h1-2,4-5,12H,3,6-7H2. The molecule has 0 radical (unpaired) electrons. The van der Waals surface area contributed by atoms with E-state index in [1.807, 2.05) is 24.3 Å². The smallest absolute Gasteiger partial charge is 0.274 e. The van der Waals surface area contributed by atoms with Gasteiger partial charge < -0.3 is 9.84 Å². The van der Waals surface area contributed by atoms with Crippen LogP contribution in [0.5, 0.6) is 5.19 Å². The Labute approximate surface area is 86.0 Å². The first-order valence-electron chi connectivity index (χ1n) is 4.49. The number of benzene rings is 1. The van der Waals surface area contributed by atoms with E-state index in [1.54, 1.807) is 0 Å². The van der Waals surface area contributed by atoms with Crippen molar-refractivity contribution in [3.8, 4) is 5.19 Å². The summed E-state index contributed by atoms with van der Waals surface area (Å²) in [7, 11) is 0. The Morgan fingerprint density at radius 2 is 2.21 bits per heavy atom. The second-order valence-corrected chi connectivity index (χ2v) is 3.87. The molecule has 0 saturated carbocycles. The summed E-state index contributed by atoms with van der Waals surface area (Å²) < 4.78 is 6.51. The minimum absolute atomic E-state index is 0.158. The van der Waals surface area contributed by atoms with Crippen LogP contribution < -0.4 is 4.74 Å². The molecule has 2 rings (SSSR count). The summed E-state index contributed by atoms with van der Waals surface area (Å²) in [6.07, 6.45) is 0.649. The van der Waals surface area contributed by atoms with Crippen LogP contribution in [0.2, 0.25) is 0 Å². The molecule has 2 aromatic rings. The lowest BCUT2D eigenvalue weighted by Crippen LogP contribution is -1.98. The van der Waals surface area contributed by atoms with Gasteiger partial charge in [-0.3, -0.25) is 0 Å². The van der Waals surface area contributed by atoms with Crippen LogP contribution in [-0.4, -0.2) is 23.3 Å². The van der Waals surface area contributed by atoms with Gasteiger partial charge in [-0.25, -0.2) is 4.98 Å². The molecule has 1 aromatic heterocycles. The summed E-state index contributed by atoms with van der Waals surface area (Å²) in [6.45, 7) is 0.682. The van der Waals surface area contributed by atoms with Crippen molar-refractivity contribution in [2.45, 2.75) is 6.42 Å². The molecule has 0 aliphatic carbocycles. The molecule has 14 heavy (non-hydrogen) atoms. The molecule has 4 heteroatoms. The van der Waals surface area contributed by atoms with Crippen LogP contribution in [0, 0.1) is 0 Å². The molecule has 0 spiro atoms. The number of hydrogen-bond acceptors (Lipinski definition) is 4. The molecule has 0 bridgehead atoms. The van der Waals surface area contributed by atoms with Crippen LogP contribution in [0.25, 0.3) is 10.2 Å². The minimum atomic E-state index is 0.158. The Balaban J connectivity index is 2.11. The average Bonchev–Trinajstić information content (AvgIpc) is 2.60. The van der Waals surface area contributed by atoms with Crippen LogP contribution in [0.1, 0.15) is 6.42 Å². The number of thiazole rings is 1. The van der Waals surface area contributed by atoms with Crippen LogP contribution in [-0.2, 0) is 0 Å². The number of rotatable bonds is 4. The van der Waals surface area contributed by atoms with E-state index in [-0.39, 0.29) is 6.61 Å². The Bertz CT molecular complexity index is 380. The molecule has 0 aliphatic rings. The summed E-state index contributed by atoms with van der Waals surface area (Å²) in [4.78, 5) is 4.30. The third-order valence-corrected chi connectivity index (χ3v) is 2.75. The Hall–Kier alpha value is -1.13. The van der Waals surface area contributed by atoms with Gasteiger partial charge in [-0.15, -0.1) is 0 Å². The highest BCUT2D eigenvalue weighted by atomic mass is 32.1. The molecular weight excluding hydrogens is 198 g/mol. The van der Waals surface area contributed by atoms with Crippen LogP contribution in [0.4, 0.5) is 0 Å². The van der Waals surface area contributed by atoms with E-state index < -0.39 is 0 Å². The predicted molar refractivity (Wildman–Crippen MR) is 56.8 cm³/mol. The number of hydrogen-bond donors (Lipinski definition) is 1. The zero-order chi connectivity index (χ0) is 9.80. The first-order valence-corrected chi connectivity index (χ1v) is 5.31. The van der Waals surface area contributed by atoms with E-state index in [1.165, 1.54) is 11.3 Å². The van der Waals surface area contributed by atoms with E-state index in [0.29, 0.717) is 18.2 Å². The fourth-order valence-electron chi connectivity index (χ4n) is 1.14. The van der Waals surface area contributed by atoms with Crippen LogP contribution in [0.3, 0.4) is 0 Å². The van der Waals surface area contributed by atoms with E-state index in [2.05, 4.69) is 4.98 Å². The van der Waals surface area contributed by atoms with Gasteiger partial charge in [0, 0.05) is 13.0 Å². The molecule has 0 aliphatic heterocycles. The highest BCUT2D eigenvalue weighted by molar-refractivity contribution is 7.20. The van der Waals surface area contributed by atoms with Crippen molar-refractivity contribution in [1.29, 1.82) is 0 Å². The number of aliphatic hydroxyl groups is 1. The van der Waals surface area contributed by atoms with Gasteiger partial charge in [0.25, 0.3) is 5.19 Å². The number of nitrogens with zero attached hydrogens (tertiary/aromatic N) is 1. The quantitative estimate of drug-likeness (QED) is 0.784. The molecule has 74 valence electrons. The van der Waals surface area contributed by atoms with Gasteiger partial charge in [0.05, 0.1) is 16.8 Å². The summed E-state index contributed by atoms with van der Waals surface area (Å²) in [5.41, 5.74) is 0.969. The van der Waals surface area contributed by atoms with E-state index in [9.17, 15) is 0 Å². The average molecular weight is 209 g/mol. The Morgan fingerprint density at radius 3 is 3.00 bits per heavy atom. The topological polar surface area (TPSA) is 42.4 Å². The second kappa shape index (κ2) is 4.39. The molecule has 1 aromatic carbocycles. The molecule has 0 unspecified atom stereocenters. The second-order valence-electron chi connectivity index (χ2n) is 2.87. The lowest BCUT2D eigenvalue weighted by Gasteiger charge is -1.97. The zero-order valence-electron chi connectivity index (χ0n) is 7.64. The maximum absolute atomic E-state index is 8.59. The molecule has 1 N–H and O–H groups in total. The van der Waals surface area contributed by atoms with Gasteiger partial charge in [-0.2, -0.15) is 0 Å². The van der Waals surface area contributed by atoms with E-state index >= 15 is 0 Å².